The topological polar surface area (TPSA) is 58.6 Å². The number of nitrogens with one attached hydrogen (secondary N) is 1. The van der Waals surface area contributed by atoms with Crippen LogP contribution in [0.4, 0.5) is 16.2 Å². The van der Waals surface area contributed by atoms with Crippen molar-refractivity contribution in [2.75, 3.05) is 23.3 Å². The van der Waals surface area contributed by atoms with Gasteiger partial charge in [-0.05, 0) is 66.8 Å². The molecule has 1 N–H and O–H groups in total. The summed E-state index contributed by atoms with van der Waals surface area (Å²) in [5.41, 5.74) is 3.40. The van der Waals surface area contributed by atoms with E-state index in [-0.39, 0.29) is 12.4 Å². The van der Waals surface area contributed by atoms with Crippen molar-refractivity contribution >= 4 is 34.9 Å². The van der Waals surface area contributed by atoms with Crippen LogP contribution < -0.4 is 10.2 Å². The van der Waals surface area contributed by atoms with Gasteiger partial charge in [-0.1, -0.05) is 48.9 Å². The van der Waals surface area contributed by atoms with Crippen molar-refractivity contribution in [2.45, 2.75) is 26.4 Å². The summed E-state index contributed by atoms with van der Waals surface area (Å²) in [4.78, 5) is 28.0. The summed E-state index contributed by atoms with van der Waals surface area (Å²) < 4.78 is 5.33. The van der Waals surface area contributed by atoms with Crippen LogP contribution in [0, 0.1) is 5.92 Å². The first-order chi connectivity index (χ1) is 16.0. The molecule has 0 spiro atoms. The molecule has 1 fully saturated rings. The minimum Gasteiger partial charge on any atom is -0.444 e. The number of amides is 1. The lowest BCUT2D eigenvalue weighted by Gasteiger charge is -2.33. The van der Waals surface area contributed by atoms with Crippen LogP contribution >= 0.6 is 11.6 Å². The van der Waals surface area contributed by atoms with Gasteiger partial charge in [0.05, 0.1) is 0 Å². The van der Waals surface area contributed by atoms with E-state index in [1.807, 2.05) is 42.5 Å². The highest BCUT2D eigenvalue weighted by Crippen LogP contribution is 2.30. The van der Waals surface area contributed by atoms with Crippen LogP contribution in [-0.4, -0.2) is 25.0 Å². The summed E-state index contributed by atoms with van der Waals surface area (Å²) in [6.45, 7) is 4.22. The normalized spacial score (nSPS) is 14.1. The van der Waals surface area contributed by atoms with Crippen LogP contribution in [-0.2, 0) is 11.3 Å². The Morgan fingerprint density at radius 3 is 2.39 bits per heavy atom. The molecule has 33 heavy (non-hydrogen) atoms. The minimum absolute atomic E-state index is 0.110. The summed E-state index contributed by atoms with van der Waals surface area (Å²) in [6.07, 6.45) is 1.60. The maximum Gasteiger partial charge on any atom is 0.411 e. The number of piperidine rings is 1. The molecule has 4 rings (SSSR count). The van der Waals surface area contributed by atoms with Crippen LogP contribution in [0.3, 0.4) is 0 Å². The number of benzene rings is 3. The average Bonchev–Trinajstić information content (AvgIpc) is 2.84. The van der Waals surface area contributed by atoms with Gasteiger partial charge in [0.1, 0.15) is 6.61 Å². The number of ether oxygens (including phenoxy) is 1. The minimum atomic E-state index is -0.566. The Hall–Kier alpha value is -3.31. The van der Waals surface area contributed by atoms with Gasteiger partial charge in [0.25, 0.3) is 0 Å². The van der Waals surface area contributed by atoms with Gasteiger partial charge in [-0.2, -0.15) is 0 Å². The Morgan fingerprint density at radius 1 is 1.00 bits per heavy atom. The second-order valence-corrected chi connectivity index (χ2v) is 8.86. The summed E-state index contributed by atoms with van der Waals surface area (Å²) in [7, 11) is 0. The molecule has 0 aliphatic carbocycles. The van der Waals surface area contributed by atoms with Gasteiger partial charge in [-0.3, -0.25) is 10.1 Å². The highest BCUT2D eigenvalue weighted by molar-refractivity contribution is 6.30. The zero-order valence-corrected chi connectivity index (χ0v) is 19.3. The number of hydrogen-bond acceptors (Lipinski definition) is 4. The fourth-order valence-corrected chi connectivity index (χ4v) is 4.08. The van der Waals surface area contributed by atoms with E-state index >= 15 is 0 Å². The quantitative estimate of drug-likeness (QED) is 0.421. The maximum atomic E-state index is 13.4. The molecule has 5 nitrogen and oxygen atoms in total. The summed E-state index contributed by atoms with van der Waals surface area (Å²) in [5, 5.41) is 3.33. The molecule has 1 aliphatic rings. The average molecular weight is 463 g/mol. The van der Waals surface area contributed by atoms with Crippen LogP contribution in [0.1, 0.15) is 41.3 Å². The van der Waals surface area contributed by atoms with Crippen molar-refractivity contribution in [3.63, 3.8) is 0 Å². The second-order valence-electron chi connectivity index (χ2n) is 8.42. The molecule has 1 heterocycles. The van der Waals surface area contributed by atoms with Gasteiger partial charge in [0, 0.05) is 40.6 Å². The first-order valence-electron chi connectivity index (χ1n) is 11.2. The summed E-state index contributed by atoms with van der Waals surface area (Å²) >= 11 is 6.00. The number of carbonyl (C=O) groups is 2. The molecule has 1 amide bonds. The Bertz CT molecular complexity index is 1110. The zero-order chi connectivity index (χ0) is 23.2. The predicted octanol–water partition coefficient (Wildman–Crippen LogP) is 6.56. The highest BCUT2D eigenvalue weighted by atomic mass is 35.5. The molecule has 0 bridgehead atoms. The molecular weight excluding hydrogens is 436 g/mol. The van der Waals surface area contributed by atoms with E-state index in [4.69, 9.17) is 16.3 Å². The molecule has 0 atom stereocenters. The van der Waals surface area contributed by atoms with Crippen molar-refractivity contribution in [3.8, 4) is 0 Å². The monoisotopic (exact) mass is 462 g/mol. The predicted molar refractivity (Wildman–Crippen MR) is 132 cm³/mol. The van der Waals surface area contributed by atoms with E-state index in [0.29, 0.717) is 27.8 Å². The van der Waals surface area contributed by atoms with E-state index < -0.39 is 6.09 Å². The SMILES string of the molecule is CC1CCN(c2ccc(NC(=O)OCc3ccccc3)cc2C(=O)c2ccc(Cl)cc2)CC1. The molecule has 1 aliphatic heterocycles. The number of nitrogens with zero attached hydrogens (tertiary/aromatic N) is 1. The van der Waals surface area contributed by atoms with Crippen LogP contribution in [0.5, 0.6) is 0 Å². The number of hydrogen-bond donors (Lipinski definition) is 1. The van der Waals surface area contributed by atoms with E-state index in [9.17, 15) is 9.59 Å². The number of rotatable bonds is 6. The fourth-order valence-electron chi connectivity index (χ4n) is 3.95. The lowest BCUT2D eigenvalue weighted by atomic mass is 9.96. The molecule has 3 aromatic carbocycles. The molecule has 0 aromatic heterocycles. The largest absolute Gasteiger partial charge is 0.444 e. The number of halogens is 1. The van der Waals surface area contributed by atoms with Gasteiger partial charge < -0.3 is 9.64 Å². The summed E-state index contributed by atoms with van der Waals surface area (Å²) in [5.74, 6) is 0.568. The fraction of sp³-hybridized carbons (Fsp3) is 0.259. The zero-order valence-electron chi connectivity index (χ0n) is 18.6. The third-order valence-corrected chi connectivity index (χ3v) is 6.18. The molecule has 1 saturated heterocycles. The van der Waals surface area contributed by atoms with E-state index in [1.165, 1.54) is 0 Å². The van der Waals surface area contributed by atoms with Crippen molar-refractivity contribution < 1.29 is 14.3 Å². The molecule has 170 valence electrons. The molecule has 0 radical (unpaired) electrons. The first kappa shape index (κ1) is 22.9. The first-order valence-corrected chi connectivity index (χ1v) is 11.5. The summed E-state index contributed by atoms with van der Waals surface area (Å²) in [6, 6.07) is 21.8. The molecular formula is C27H27ClN2O3. The van der Waals surface area contributed by atoms with Crippen LogP contribution in [0.25, 0.3) is 0 Å². The highest BCUT2D eigenvalue weighted by Gasteiger charge is 2.22. The third kappa shape index (κ3) is 5.93. The van der Waals surface area contributed by atoms with Crippen LogP contribution in [0.2, 0.25) is 5.02 Å². The standard InChI is InChI=1S/C27H27ClN2O3/c1-19-13-15-30(16-14-19)25-12-11-23(29-27(32)33-18-20-5-3-2-4-6-20)17-24(25)26(31)21-7-9-22(28)10-8-21/h2-12,17,19H,13-16,18H2,1H3,(H,29,32). The molecule has 0 saturated carbocycles. The van der Waals surface area contributed by atoms with Gasteiger partial charge in [0.15, 0.2) is 5.78 Å². The third-order valence-electron chi connectivity index (χ3n) is 5.93. The lowest BCUT2D eigenvalue weighted by Crippen LogP contribution is -2.34. The van der Waals surface area contributed by atoms with Gasteiger partial charge in [-0.15, -0.1) is 0 Å². The second kappa shape index (κ2) is 10.5. The van der Waals surface area contributed by atoms with Crippen molar-refractivity contribution in [1.82, 2.24) is 0 Å². The van der Waals surface area contributed by atoms with E-state index in [0.717, 1.165) is 37.2 Å². The van der Waals surface area contributed by atoms with E-state index in [1.54, 1.807) is 30.3 Å². The smallest absolute Gasteiger partial charge is 0.411 e. The molecule has 0 unspecified atom stereocenters. The lowest BCUT2D eigenvalue weighted by molar-refractivity contribution is 0.103. The molecule has 3 aromatic rings. The van der Waals surface area contributed by atoms with Crippen molar-refractivity contribution in [1.29, 1.82) is 0 Å². The number of ketones is 1. The van der Waals surface area contributed by atoms with Crippen LogP contribution in [0.15, 0.2) is 72.8 Å². The van der Waals surface area contributed by atoms with Gasteiger partial charge >= 0.3 is 6.09 Å². The van der Waals surface area contributed by atoms with Crippen molar-refractivity contribution in [3.05, 3.63) is 94.5 Å². The Balaban J connectivity index is 1.56. The Kier molecular flexibility index (Phi) is 7.30. The Morgan fingerprint density at radius 2 is 1.70 bits per heavy atom. The number of anilines is 2. The maximum absolute atomic E-state index is 13.4. The van der Waals surface area contributed by atoms with Gasteiger partial charge in [0.2, 0.25) is 0 Å². The number of carbonyl (C=O) groups excluding carboxylic acids is 2. The van der Waals surface area contributed by atoms with E-state index in [2.05, 4.69) is 17.1 Å². The van der Waals surface area contributed by atoms with Crippen molar-refractivity contribution in [2.24, 2.45) is 5.92 Å². The Labute approximate surface area is 199 Å². The van der Waals surface area contributed by atoms with Gasteiger partial charge in [-0.25, -0.2) is 4.79 Å². The molecule has 6 heteroatoms.